The van der Waals surface area contributed by atoms with E-state index < -0.39 is 5.60 Å². The molecule has 102 valence electrons. The van der Waals surface area contributed by atoms with Gasteiger partial charge in [-0.25, -0.2) is 0 Å². The standard InChI is InChI=1S/C17H28O/c1-15(2)9-6-10-16(3)13(15)8-12-17(18)11-5-4-7-14(16)17/h5,11,13-14,18H,4,6-10,12H2,1-3H3. The van der Waals surface area contributed by atoms with Crippen LogP contribution in [0.25, 0.3) is 0 Å². The molecule has 0 heterocycles. The van der Waals surface area contributed by atoms with Crippen molar-refractivity contribution >= 4 is 0 Å². The second kappa shape index (κ2) is 3.85. The Kier molecular flexibility index (Phi) is 2.72. The molecular formula is C17H28O. The van der Waals surface area contributed by atoms with Crippen LogP contribution in [-0.2, 0) is 0 Å². The zero-order valence-corrected chi connectivity index (χ0v) is 12.2. The van der Waals surface area contributed by atoms with E-state index in [0.29, 0.717) is 16.7 Å². The van der Waals surface area contributed by atoms with E-state index in [9.17, 15) is 5.11 Å². The summed E-state index contributed by atoms with van der Waals surface area (Å²) in [6, 6.07) is 0. The van der Waals surface area contributed by atoms with E-state index in [1.54, 1.807) is 0 Å². The van der Waals surface area contributed by atoms with Gasteiger partial charge >= 0.3 is 0 Å². The quantitative estimate of drug-likeness (QED) is 0.633. The third-order valence-electron chi connectivity index (χ3n) is 6.54. The molecule has 3 aliphatic rings. The topological polar surface area (TPSA) is 20.2 Å². The average Bonchev–Trinajstić information content (AvgIpc) is 2.27. The van der Waals surface area contributed by atoms with E-state index in [4.69, 9.17) is 0 Å². The molecule has 0 radical (unpaired) electrons. The van der Waals surface area contributed by atoms with Crippen molar-refractivity contribution in [2.75, 3.05) is 0 Å². The van der Waals surface area contributed by atoms with Crippen LogP contribution in [0.15, 0.2) is 12.2 Å². The molecule has 1 nitrogen and oxygen atoms in total. The summed E-state index contributed by atoms with van der Waals surface area (Å²) in [4.78, 5) is 0. The summed E-state index contributed by atoms with van der Waals surface area (Å²) >= 11 is 0. The molecule has 2 fully saturated rings. The van der Waals surface area contributed by atoms with Crippen LogP contribution in [0.5, 0.6) is 0 Å². The molecule has 4 unspecified atom stereocenters. The van der Waals surface area contributed by atoms with Gasteiger partial charge in [0.25, 0.3) is 0 Å². The normalized spacial score (nSPS) is 50.4. The first-order chi connectivity index (χ1) is 8.39. The van der Waals surface area contributed by atoms with Crippen LogP contribution in [-0.4, -0.2) is 10.7 Å². The maximum Gasteiger partial charge on any atom is 0.0861 e. The van der Waals surface area contributed by atoms with Gasteiger partial charge in [-0.1, -0.05) is 39.3 Å². The highest BCUT2D eigenvalue weighted by Crippen LogP contribution is 2.63. The summed E-state index contributed by atoms with van der Waals surface area (Å²) in [5.41, 5.74) is 0.339. The lowest BCUT2D eigenvalue weighted by molar-refractivity contribution is -0.159. The molecule has 0 aromatic rings. The Morgan fingerprint density at radius 1 is 1.00 bits per heavy atom. The minimum atomic E-state index is -0.489. The smallest absolute Gasteiger partial charge is 0.0861 e. The van der Waals surface area contributed by atoms with E-state index in [1.165, 1.54) is 32.1 Å². The van der Waals surface area contributed by atoms with Gasteiger partial charge in [0, 0.05) is 0 Å². The first kappa shape index (κ1) is 12.7. The number of aliphatic hydroxyl groups is 1. The molecule has 0 aromatic heterocycles. The molecule has 2 saturated carbocycles. The minimum Gasteiger partial charge on any atom is -0.385 e. The maximum absolute atomic E-state index is 11.0. The van der Waals surface area contributed by atoms with Gasteiger partial charge in [-0.2, -0.15) is 0 Å². The summed E-state index contributed by atoms with van der Waals surface area (Å²) in [5, 5.41) is 11.0. The summed E-state index contributed by atoms with van der Waals surface area (Å²) in [7, 11) is 0. The first-order valence-corrected chi connectivity index (χ1v) is 7.79. The van der Waals surface area contributed by atoms with Gasteiger partial charge in [0.1, 0.15) is 0 Å². The van der Waals surface area contributed by atoms with Crippen LogP contribution < -0.4 is 0 Å². The monoisotopic (exact) mass is 248 g/mol. The van der Waals surface area contributed by atoms with Gasteiger partial charge in [0.2, 0.25) is 0 Å². The molecule has 3 aliphatic carbocycles. The van der Waals surface area contributed by atoms with Crippen molar-refractivity contribution in [1.82, 2.24) is 0 Å². The fourth-order valence-corrected chi connectivity index (χ4v) is 5.75. The van der Waals surface area contributed by atoms with Crippen molar-refractivity contribution in [3.05, 3.63) is 12.2 Å². The maximum atomic E-state index is 11.0. The Morgan fingerprint density at radius 2 is 1.78 bits per heavy atom. The summed E-state index contributed by atoms with van der Waals surface area (Å²) in [6.07, 6.45) is 12.9. The molecule has 18 heavy (non-hydrogen) atoms. The lowest BCUT2D eigenvalue weighted by Crippen LogP contribution is -2.58. The van der Waals surface area contributed by atoms with Crippen molar-refractivity contribution in [2.24, 2.45) is 22.7 Å². The first-order valence-electron chi connectivity index (χ1n) is 7.79. The number of fused-ring (bicyclic) bond motifs is 3. The van der Waals surface area contributed by atoms with Gasteiger partial charge in [-0.3, -0.25) is 0 Å². The predicted molar refractivity (Wildman–Crippen MR) is 75.3 cm³/mol. The molecule has 1 N–H and O–H groups in total. The SMILES string of the molecule is CC1(C)CCCC2(C)C1CCC1(O)C=CCCC12. The van der Waals surface area contributed by atoms with Gasteiger partial charge in [0.15, 0.2) is 0 Å². The Labute approximate surface area is 112 Å². The van der Waals surface area contributed by atoms with Gasteiger partial charge < -0.3 is 5.11 Å². The fraction of sp³-hybridized carbons (Fsp3) is 0.882. The van der Waals surface area contributed by atoms with Gasteiger partial charge in [0.05, 0.1) is 5.60 Å². The molecular weight excluding hydrogens is 220 g/mol. The van der Waals surface area contributed by atoms with E-state index in [1.807, 2.05) is 0 Å². The fourth-order valence-electron chi connectivity index (χ4n) is 5.75. The van der Waals surface area contributed by atoms with Crippen molar-refractivity contribution in [3.8, 4) is 0 Å². The van der Waals surface area contributed by atoms with Crippen molar-refractivity contribution in [3.63, 3.8) is 0 Å². The van der Waals surface area contributed by atoms with Gasteiger partial charge in [-0.05, 0) is 61.2 Å². The number of rotatable bonds is 0. The highest BCUT2D eigenvalue weighted by Gasteiger charge is 2.58. The van der Waals surface area contributed by atoms with Crippen LogP contribution in [0, 0.1) is 22.7 Å². The highest BCUT2D eigenvalue weighted by atomic mass is 16.3. The van der Waals surface area contributed by atoms with Crippen molar-refractivity contribution in [1.29, 1.82) is 0 Å². The number of allylic oxidation sites excluding steroid dienone is 1. The molecule has 0 saturated heterocycles. The molecule has 0 aromatic carbocycles. The third kappa shape index (κ3) is 1.62. The van der Waals surface area contributed by atoms with Crippen LogP contribution in [0.4, 0.5) is 0 Å². The average molecular weight is 248 g/mol. The lowest BCUT2D eigenvalue weighted by Gasteiger charge is -2.62. The summed E-state index contributed by atoms with van der Waals surface area (Å²) in [5.74, 6) is 1.30. The van der Waals surface area contributed by atoms with Crippen LogP contribution in [0.1, 0.15) is 65.7 Å². The second-order valence-corrected chi connectivity index (χ2v) is 7.96. The molecule has 4 atom stereocenters. The molecule has 1 heteroatoms. The summed E-state index contributed by atoms with van der Waals surface area (Å²) in [6.45, 7) is 7.39. The van der Waals surface area contributed by atoms with Crippen molar-refractivity contribution < 1.29 is 5.11 Å². The number of hydrogen-bond acceptors (Lipinski definition) is 1. The van der Waals surface area contributed by atoms with Gasteiger partial charge in [-0.15, -0.1) is 0 Å². The Bertz CT molecular complexity index is 370. The highest BCUT2D eigenvalue weighted by molar-refractivity contribution is 5.17. The Morgan fingerprint density at radius 3 is 2.56 bits per heavy atom. The van der Waals surface area contributed by atoms with E-state index in [-0.39, 0.29) is 0 Å². The van der Waals surface area contributed by atoms with E-state index >= 15 is 0 Å². The Balaban J connectivity index is 2.00. The second-order valence-electron chi connectivity index (χ2n) is 7.96. The molecule has 0 bridgehead atoms. The van der Waals surface area contributed by atoms with Crippen LogP contribution >= 0.6 is 0 Å². The van der Waals surface area contributed by atoms with E-state index in [0.717, 1.165) is 18.8 Å². The minimum absolute atomic E-state index is 0.361. The van der Waals surface area contributed by atoms with E-state index in [2.05, 4.69) is 32.9 Å². The zero-order valence-electron chi connectivity index (χ0n) is 12.2. The third-order valence-corrected chi connectivity index (χ3v) is 6.54. The zero-order chi connectivity index (χ0) is 13.0. The van der Waals surface area contributed by atoms with Crippen LogP contribution in [0.3, 0.4) is 0 Å². The summed E-state index contributed by atoms with van der Waals surface area (Å²) < 4.78 is 0. The van der Waals surface area contributed by atoms with Crippen LogP contribution in [0.2, 0.25) is 0 Å². The largest absolute Gasteiger partial charge is 0.385 e. The molecule has 0 aliphatic heterocycles. The number of hydrogen-bond donors (Lipinski definition) is 1. The molecule has 3 rings (SSSR count). The lowest BCUT2D eigenvalue weighted by atomic mass is 9.44. The van der Waals surface area contributed by atoms with Crippen molar-refractivity contribution in [2.45, 2.75) is 71.3 Å². The Hall–Kier alpha value is -0.300. The predicted octanol–water partition coefficient (Wildman–Crippen LogP) is 4.31. The molecule has 0 spiro atoms. The molecule has 0 amide bonds.